The van der Waals surface area contributed by atoms with Crippen molar-refractivity contribution in [3.05, 3.63) is 59.2 Å². The number of fused-ring (bicyclic) bond motifs is 2. The Morgan fingerprint density at radius 1 is 1.18 bits per heavy atom. The fourth-order valence-electron chi connectivity index (χ4n) is 4.38. The largest absolute Gasteiger partial charge is 0.477 e. The van der Waals surface area contributed by atoms with Crippen LogP contribution in [0.2, 0.25) is 0 Å². The number of nitrogens with one attached hydrogen (secondary N) is 1. The first kappa shape index (κ1) is 23.7. The highest BCUT2D eigenvalue weighted by molar-refractivity contribution is 6.00. The number of hydrogen-bond acceptors (Lipinski definition) is 3. The summed E-state index contributed by atoms with van der Waals surface area (Å²) >= 11 is 0. The van der Waals surface area contributed by atoms with Gasteiger partial charge in [0, 0.05) is 40.7 Å². The van der Waals surface area contributed by atoms with E-state index in [0.29, 0.717) is 5.39 Å². The number of carboxylic acids is 1. The predicted molar refractivity (Wildman–Crippen MR) is 114 cm³/mol. The SMILES string of the molecule is COCC(C)(C)c1c(CC(F)(F)C(=O)O)c2c(F)c3[nH]ncc3cc2n1-c1ccc(F)c(F)c1. The van der Waals surface area contributed by atoms with Gasteiger partial charge in [-0.05, 0) is 23.8 Å². The molecule has 11 heteroatoms. The van der Waals surface area contributed by atoms with Gasteiger partial charge in [0.05, 0.1) is 24.7 Å². The Morgan fingerprint density at radius 3 is 2.50 bits per heavy atom. The van der Waals surface area contributed by atoms with Crippen molar-refractivity contribution in [2.45, 2.75) is 31.6 Å². The molecule has 180 valence electrons. The van der Waals surface area contributed by atoms with Crippen LogP contribution in [-0.4, -0.2) is 45.5 Å². The number of nitrogens with zero attached hydrogens (tertiary/aromatic N) is 2. The summed E-state index contributed by atoms with van der Waals surface area (Å²) in [5.74, 6) is -9.85. The molecule has 2 aromatic carbocycles. The number of carboxylic acid groups (broad SMARTS) is 1. The molecule has 0 bridgehead atoms. The third-order valence-corrected chi connectivity index (χ3v) is 5.73. The van der Waals surface area contributed by atoms with E-state index in [1.807, 2.05) is 0 Å². The molecule has 2 aromatic heterocycles. The topological polar surface area (TPSA) is 80.1 Å². The number of aliphatic carboxylic acids is 1. The molecule has 0 amide bonds. The second-order valence-electron chi connectivity index (χ2n) is 8.68. The second kappa shape index (κ2) is 8.08. The highest BCUT2D eigenvalue weighted by Gasteiger charge is 2.43. The van der Waals surface area contributed by atoms with Gasteiger partial charge in [0.25, 0.3) is 0 Å². The molecule has 0 aliphatic carbocycles. The van der Waals surface area contributed by atoms with Crippen molar-refractivity contribution in [2.24, 2.45) is 0 Å². The van der Waals surface area contributed by atoms with E-state index in [1.54, 1.807) is 13.8 Å². The Hall–Kier alpha value is -3.47. The molecule has 0 saturated carbocycles. The summed E-state index contributed by atoms with van der Waals surface area (Å²) in [5.41, 5.74) is -1.26. The number of ether oxygens (including phenoxy) is 1. The summed E-state index contributed by atoms with van der Waals surface area (Å²) in [6.07, 6.45) is -0.0134. The minimum atomic E-state index is -4.24. The summed E-state index contributed by atoms with van der Waals surface area (Å²) < 4.78 is 79.3. The van der Waals surface area contributed by atoms with Crippen molar-refractivity contribution >= 4 is 27.8 Å². The maximum Gasteiger partial charge on any atom is 0.374 e. The molecule has 0 radical (unpaired) electrons. The summed E-state index contributed by atoms with van der Waals surface area (Å²) in [6.45, 7) is 3.24. The van der Waals surface area contributed by atoms with E-state index in [2.05, 4.69) is 10.2 Å². The number of benzene rings is 2. The normalized spacial score (nSPS) is 12.7. The van der Waals surface area contributed by atoms with Gasteiger partial charge in [-0.2, -0.15) is 13.9 Å². The Bertz CT molecular complexity index is 1420. The number of hydrogen-bond donors (Lipinski definition) is 2. The Morgan fingerprint density at radius 2 is 1.88 bits per heavy atom. The molecule has 4 aromatic rings. The first-order valence-electron chi connectivity index (χ1n) is 10.1. The molecule has 0 aliphatic rings. The molecule has 0 fully saturated rings. The lowest BCUT2D eigenvalue weighted by Crippen LogP contribution is -2.34. The molecule has 0 atom stereocenters. The van der Waals surface area contributed by atoms with Gasteiger partial charge in [-0.1, -0.05) is 13.8 Å². The van der Waals surface area contributed by atoms with Crippen LogP contribution in [-0.2, 0) is 21.4 Å². The number of rotatable bonds is 7. The molecule has 6 nitrogen and oxygen atoms in total. The second-order valence-corrected chi connectivity index (χ2v) is 8.68. The molecule has 2 N–H and O–H groups in total. The van der Waals surface area contributed by atoms with Crippen LogP contribution in [0, 0.1) is 17.5 Å². The van der Waals surface area contributed by atoms with Crippen LogP contribution < -0.4 is 0 Å². The van der Waals surface area contributed by atoms with Crippen molar-refractivity contribution in [1.82, 2.24) is 14.8 Å². The monoisotopic (exact) mass is 481 g/mol. The average molecular weight is 481 g/mol. The van der Waals surface area contributed by atoms with E-state index < -0.39 is 41.2 Å². The van der Waals surface area contributed by atoms with E-state index in [1.165, 1.54) is 30.0 Å². The van der Waals surface area contributed by atoms with Gasteiger partial charge in [-0.25, -0.2) is 18.0 Å². The smallest absolute Gasteiger partial charge is 0.374 e. The number of aromatic nitrogens is 3. The van der Waals surface area contributed by atoms with Gasteiger partial charge in [-0.15, -0.1) is 0 Å². The van der Waals surface area contributed by atoms with Gasteiger partial charge < -0.3 is 14.4 Å². The van der Waals surface area contributed by atoms with Crippen molar-refractivity contribution < 1.29 is 36.6 Å². The van der Waals surface area contributed by atoms with E-state index in [-0.39, 0.29) is 40.0 Å². The van der Waals surface area contributed by atoms with Crippen LogP contribution >= 0.6 is 0 Å². The highest BCUT2D eigenvalue weighted by Crippen LogP contribution is 2.42. The van der Waals surface area contributed by atoms with Crippen LogP contribution in [0.15, 0.2) is 30.5 Å². The summed E-state index contributed by atoms with van der Waals surface area (Å²) in [5, 5.41) is 15.4. The molecular formula is C23H20F5N3O3. The molecule has 0 aliphatic heterocycles. The zero-order valence-electron chi connectivity index (χ0n) is 18.3. The van der Waals surface area contributed by atoms with E-state index in [0.717, 1.165) is 12.1 Å². The fourth-order valence-corrected chi connectivity index (χ4v) is 4.38. The Balaban J connectivity index is 2.22. The quantitative estimate of drug-likeness (QED) is 0.360. The van der Waals surface area contributed by atoms with Gasteiger partial charge in [-0.3, -0.25) is 5.10 Å². The maximum atomic E-state index is 15.7. The molecular weight excluding hydrogens is 461 g/mol. The lowest BCUT2D eigenvalue weighted by molar-refractivity contribution is -0.164. The minimum absolute atomic E-state index is 0.0281. The van der Waals surface area contributed by atoms with Crippen LogP contribution in [0.3, 0.4) is 0 Å². The molecule has 0 unspecified atom stereocenters. The number of aromatic amines is 1. The van der Waals surface area contributed by atoms with Crippen molar-refractivity contribution in [2.75, 3.05) is 13.7 Å². The van der Waals surface area contributed by atoms with Crippen LogP contribution in [0.4, 0.5) is 22.0 Å². The lowest BCUT2D eigenvalue weighted by Gasteiger charge is -2.28. The van der Waals surface area contributed by atoms with Gasteiger partial charge in [0.15, 0.2) is 17.5 Å². The number of carbonyl (C=O) groups is 1. The third-order valence-electron chi connectivity index (χ3n) is 5.73. The maximum absolute atomic E-state index is 15.7. The van der Waals surface area contributed by atoms with Crippen molar-refractivity contribution in [3.8, 4) is 5.69 Å². The predicted octanol–water partition coefficient (Wildman–Crippen LogP) is 5.11. The summed E-state index contributed by atoms with van der Waals surface area (Å²) in [7, 11) is 1.38. The van der Waals surface area contributed by atoms with Crippen LogP contribution in [0.5, 0.6) is 0 Å². The first-order chi connectivity index (χ1) is 15.9. The fraction of sp³-hybridized carbons (Fsp3) is 0.304. The van der Waals surface area contributed by atoms with Crippen molar-refractivity contribution in [3.63, 3.8) is 0 Å². The number of alkyl halides is 2. The van der Waals surface area contributed by atoms with E-state index >= 15 is 4.39 Å². The molecule has 2 heterocycles. The standard InChI is InChI=1S/C23H20F5N3O3/c1-22(2,10-34-3)20-13(8-23(27,28)21(32)33)17-16(6-11-9-29-30-19(11)18(17)26)31(20)12-4-5-14(24)15(25)7-12/h4-7,9H,8,10H2,1-3H3,(H,29,30)(H,32,33). The summed E-state index contributed by atoms with van der Waals surface area (Å²) in [4.78, 5) is 11.3. The Labute approximate surface area is 189 Å². The van der Waals surface area contributed by atoms with E-state index in [4.69, 9.17) is 9.84 Å². The molecule has 0 spiro atoms. The number of H-pyrrole nitrogens is 1. The van der Waals surface area contributed by atoms with Gasteiger partial charge in [0.1, 0.15) is 5.52 Å². The zero-order chi connectivity index (χ0) is 25.0. The van der Waals surface area contributed by atoms with Gasteiger partial charge >= 0.3 is 11.9 Å². The van der Waals surface area contributed by atoms with Crippen LogP contribution in [0.1, 0.15) is 25.1 Å². The first-order valence-corrected chi connectivity index (χ1v) is 10.1. The van der Waals surface area contributed by atoms with Gasteiger partial charge in [0.2, 0.25) is 0 Å². The minimum Gasteiger partial charge on any atom is -0.477 e. The zero-order valence-corrected chi connectivity index (χ0v) is 18.3. The third kappa shape index (κ3) is 3.69. The van der Waals surface area contributed by atoms with E-state index in [9.17, 15) is 22.4 Å². The average Bonchev–Trinajstić information content (AvgIpc) is 3.33. The van der Waals surface area contributed by atoms with Crippen molar-refractivity contribution in [1.29, 1.82) is 0 Å². The molecule has 4 rings (SSSR count). The highest BCUT2D eigenvalue weighted by atomic mass is 19.3. The number of halogens is 5. The molecule has 0 saturated heterocycles. The summed E-state index contributed by atoms with van der Waals surface area (Å²) in [6, 6.07) is 4.41. The number of methoxy groups -OCH3 is 1. The van der Waals surface area contributed by atoms with Crippen LogP contribution in [0.25, 0.3) is 27.5 Å². The lowest BCUT2D eigenvalue weighted by atomic mass is 9.85. The Kier molecular flexibility index (Phi) is 5.63. The molecule has 34 heavy (non-hydrogen) atoms.